The number of carbonyl (C=O) groups excluding carboxylic acids is 3. The molecule has 0 aliphatic carbocycles. The minimum absolute atomic E-state index is 0.0344. The molecule has 7 nitrogen and oxygen atoms in total. The van der Waals surface area contributed by atoms with E-state index in [2.05, 4.69) is 6.92 Å². The third-order valence-electron chi connectivity index (χ3n) is 3.14. The van der Waals surface area contributed by atoms with E-state index in [4.69, 9.17) is 14.6 Å². The molecule has 7 heteroatoms. The van der Waals surface area contributed by atoms with Gasteiger partial charge in [-0.2, -0.15) is 0 Å². The lowest BCUT2D eigenvalue weighted by Gasteiger charge is -2.06. The average molecular weight is 330 g/mol. The second-order valence-electron chi connectivity index (χ2n) is 5.19. The number of carboxylic acid groups (broad SMARTS) is 1. The van der Waals surface area contributed by atoms with E-state index in [-0.39, 0.29) is 25.6 Å². The summed E-state index contributed by atoms with van der Waals surface area (Å²) < 4.78 is 9.64. The van der Waals surface area contributed by atoms with E-state index in [1.807, 2.05) is 0 Å². The van der Waals surface area contributed by atoms with E-state index >= 15 is 0 Å². The molecule has 0 saturated heterocycles. The van der Waals surface area contributed by atoms with Crippen LogP contribution in [-0.4, -0.2) is 42.0 Å². The van der Waals surface area contributed by atoms with E-state index in [9.17, 15) is 19.2 Å². The lowest BCUT2D eigenvalue weighted by molar-refractivity contribution is -0.154. The molecule has 0 heterocycles. The number of carbonyl (C=O) groups is 4. The second kappa shape index (κ2) is 13.7. The van der Waals surface area contributed by atoms with Gasteiger partial charge in [0.05, 0.1) is 6.42 Å². The fourth-order valence-corrected chi connectivity index (χ4v) is 1.83. The Morgan fingerprint density at radius 1 is 0.739 bits per heavy atom. The van der Waals surface area contributed by atoms with Crippen LogP contribution in [0, 0.1) is 0 Å². The van der Waals surface area contributed by atoms with Gasteiger partial charge in [0.2, 0.25) is 5.78 Å². The Balaban J connectivity index is 3.48. The fraction of sp³-hybridized carbons (Fsp3) is 0.750. The summed E-state index contributed by atoms with van der Waals surface area (Å²) in [5, 5.41) is 8.34. The van der Waals surface area contributed by atoms with Crippen LogP contribution < -0.4 is 0 Å². The van der Waals surface area contributed by atoms with Crippen LogP contribution >= 0.6 is 0 Å². The molecule has 0 aromatic heterocycles. The molecule has 0 aliphatic rings. The van der Waals surface area contributed by atoms with E-state index < -0.39 is 24.1 Å². The van der Waals surface area contributed by atoms with Crippen LogP contribution in [0.15, 0.2) is 0 Å². The van der Waals surface area contributed by atoms with Gasteiger partial charge >= 0.3 is 17.9 Å². The van der Waals surface area contributed by atoms with Crippen molar-refractivity contribution >= 4 is 23.7 Å². The number of ketones is 1. The van der Waals surface area contributed by atoms with Gasteiger partial charge in [-0.3, -0.25) is 14.4 Å². The molecule has 0 amide bonds. The number of aliphatic carboxylic acids is 1. The molecule has 0 bridgehead atoms. The molecule has 0 unspecified atom stereocenters. The third kappa shape index (κ3) is 13.5. The maximum absolute atomic E-state index is 11.4. The molecule has 0 atom stereocenters. The van der Waals surface area contributed by atoms with Gasteiger partial charge in [0.25, 0.3) is 0 Å². The normalized spacial score (nSPS) is 10.1. The molecule has 0 aromatic rings. The first kappa shape index (κ1) is 21.1. The predicted molar refractivity (Wildman–Crippen MR) is 81.8 cm³/mol. The quantitative estimate of drug-likeness (QED) is 0.296. The van der Waals surface area contributed by atoms with Gasteiger partial charge in [0.15, 0.2) is 0 Å². The number of ether oxygens (including phenoxy) is 2. The number of hydrogen-bond acceptors (Lipinski definition) is 6. The van der Waals surface area contributed by atoms with Gasteiger partial charge in [-0.25, -0.2) is 4.79 Å². The Morgan fingerprint density at radius 3 is 1.83 bits per heavy atom. The lowest BCUT2D eigenvalue weighted by atomic mass is 10.1. The van der Waals surface area contributed by atoms with E-state index in [1.165, 1.54) is 19.3 Å². The van der Waals surface area contributed by atoms with Gasteiger partial charge < -0.3 is 14.6 Å². The van der Waals surface area contributed by atoms with E-state index in [1.54, 1.807) is 0 Å². The number of rotatable bonds is 14. The molecule has 0 rings (SSSR count). The summed E-state index contributed by atoms with van der Waals surface area (Å²) >= 11 is 0. The van der Waals surface area contributed by atoms with Crippen molar-refractivity contribution in [2.24, 2.45) is 0 Å². The molecule has 23 heavy (non-hydrogen) atoms. The van der Waals surface area contributed by atoms with Gasteiger partial charge in [-0.1, -0.05) is 39.0 Å². The van der Waals surface area contributed by atoms with Crippen molar-refractivity contribution in [1.29, 1.82) is 0 Å². The largest absolute Gasteiger partial charge is 0.476 e. The van der Waals surface area contributed by atoms with Crippen molar-refractivity contribution in [1.82, 2.24) is 0 Å². The summed E-state index contributed by atoms with van der Waals surface area (Å²) in [6, 6.07) is 0. The first-order valence-electron chi connectivity index (χ1n) is 8.04. The highest BCUT2D eigenvalue weighted by molar-refractivity contribution is 6.32. The number of esters is 2. The molecule has 0 spiro atoms. The highest BCUT2D eigenvalue weighted by atomic mass is 16.6. The van der Waals surface area contributed by atoms with Crippen molar-refractivity contribution in [2.45, 2.75) is 64.7 Å². The van der Waals surface area contributed by atoms with Crippen molar-refractivity contribution in [3.63, 3.8) is 0 Å². The Hall–Kier alpha value is -1.92. The zero-order valence-electron chi connectivity index (χ0n) is 13.7. The highest BCUT2D eigenvalue weighted by Crippen LogP contribution is 2.07. The Kier molecular flexibility index (Phi) is 12.6. The summed E-state index contributed by atoms with van der Waals surface area (Å²) in [6.45, 7) is 2.02. The molecule has 0 radical (unpaired) electrons. The lowest BCUT2D eigenvalue weighted by Crippen LogP contribution is -2.17. The monoisotopic (exact) mass is 330 g/mol. The summed E-state index contributed by atoms with van der Waals surface area (Å²) in [4.78, 5) is 43.6. The number of carboxylic acids is 1. The van der Waals surface area contributed by atoms with Gasteiger partial charge in [-0.15, -0.1) is 0 Å². The molecule has 1 N–H and O–H groups in total. The summed E-state index contributed by atoms with van der Waals surface area (Å²) in [7, 11) is 0. The van der Waals surface area contributed by atoms with Crippen LogP contribution in [0.3, 0.4) is 0 Å². The van der Waals surface area contributed by atoms with Crippen molar-refractivity contribution in [2.75, 3.05) is 13.2 Å². The molecule has 0 aliphatic heterocycles. The number of hydrogen-bond donors (Lipinski definition) is 1. The smallest absolute Gasteiger partial charge is 0.372 e. The number of Topliss-reactive ketones (excluding diaryl/α,β-unsaturated/α-hetero) is 1. The van der Waals surface area contributed by atoms with Gasteiger partial charge in [0, 0.05) is 12.8 Å². The summed E-state index contributed by atoms with van der Waals surface area (Å²) in [5.41, 5.74) is 0. The van der Waals surface area contributed by atoms with Crippen LogP contribution in [0.4, 0.5) is 0 Å². The Morgan fingerprint density at radius 2 is 1.26 bits per heavy atom. The predicted octanol–water partition coefficient (Wildman–Crippen LogP) is 2.26. The van der Waals surface area contributed by atoms with Crippen LogP contribution in [0.25, 0.3) is 0 Å². The molecule has 0 saturated carbocycles. The zero-order valence-corrected chi connectivity index (χ0v) is 13.7. The first-order chi connectivity index (χ1) is 11.0. The van der Waals surface area contributed by atoms with Crippen LogP contribution in [0.2, 0.25) is 0 Å². The van der Waals surface area contributed by atoms with Gasteiger partial charge in [0.1, 0.15) is 13.2 Å². The van der Waals surface area contributed by atoms with Crippen LogP contribution in [0.5, 0.6) is 0 Å². The Labute approximate surface area is 136 Å². The third-order valence-corrected chi connectivity index (χ3v) is 3.14. The van der Waals surface area contributed by atoms with Crippen molar-refractivity contribution in [3.05, 3.63) is 0 Å². The highest BCUT2D eigenvalue weighted by Gasteiger charge is 2.14. The maximum Gasteiger partial charge on any atom is 0.372 e. The molecule has 0 fully saturated rings. The Bertz CT molecular complexity index is 390. The minimum Gasteiger partial charge on any atom is -0.476 e. The summed E-state index contributed by atoms with van der Waals surface area (Å²) in [5.74, 6) is -3.61. The SMILES string of the molecule is CCCCCCCCC(=O)OCCOC(=O)CCC(=O)C(=O)O. The van der Waals surface area contributed by atoms with Crippen molar-refractivity contribution in [3.8, 4) is 0 Å². The van der Waals surface area contributed by atoms with E-state index in [0.29, 0.717) is 6.42 Å². The minimum atomic E-state index is -1.57. The van der Waals surface area contributed by atoms with Crippen LogP contribution in [0.1, 0.15) is 64.7 Å². The van der Waals surface area contributed by atoms with Gasteiger partial charge in [-0.05, 0) is 6.42 Å². The number of unbranched alkanes of at least 4 members (excludes halogenated alkanes) is 5. The van der Waals surface area contributed by atoms with E-state index in [0.717, 1.165) is 19.3 Å². The molecular formula is C16H26O7. The first-order valence-corrected chi connectivity index (χ1v) is 8.04. The topological polar surface area (TPSA) is 107 Å². The average Bonchev–Trinajstić information content (AvgIpc) is 2.52. The zero-order chi connectivity index (χ0) is 17.5. The molecule has 0 aromatic carbocycles. The second-order valence-corrected chi connectivity index (χ2v) is 5.19. The standard InChI is InChI=1S/C16H26O7/c1-2-3-4-5-6-7-8-14(18)22-11-12-23-15(19)10-9-13(17)16(20)21/h2-12H2,1H3,(H,20,21). The molecule has 132 valence electrons. The maximum atomic E-state index is 11.4. The summed E-state index contributed by atoms with van der Waals surface area (Å²) in [6.07, 6.45) is 6.16. The fourth-order valence-electron chi connectivity index (χ4n) is 1.83. The van der Waals surface area contributed by atoms with Crippen LogP contribution in [-0.2, 0) is 28.7 Å². The van der Waals surface area contributed by atoms with Crippen molar-refractivity contribution < 1.29 is 33.8 Å². The molecular weight excluding hydrogens is 304 g/mol.